The number of carbonyl (C=O) groups is 1. The molecule has 0 saturated carbocycles. The van der Waals surface area contributed by atoms with Gasteiger partial charge >= 0.3 is 0 Å². The third kappa shape index (κ3) is 4.11. The lowest BCUT2D eigenvalue weighted by atomic mass is 10.3. The number of nitrogen functional groups attached to an aromatic ring is 1. The molecule has 2 aromatic rings. The van der Waals surface area contributed by atoms with Crippen molar-refractivity contribution in [2.75, 3.05) is 16.8 Å². The highest BCUT2D eigenvalue weighted by Gasteiger charge is 2.08. The number of hydrogen-bond donors (Lipinski definition) is 2. The van der Waals surface area contributed by atoms with Crippen LogP contribution in [0, 0.1) is 5.82 Å². The molecule has 3 N–H and O–H groups in total. The van der Waals surface area contributed by atoms with Gasteiger partial charge in [0.15, 0.2) is 0 Å². The van der Waals surface area contributed by atoms with Gasteiger partial charge in [-0.05, 0) is 30.3 Å². The molecule has 0 saturated heterocycles. The number of halogens is 2. The van der Waals surface area contributed by atoms with Gasteiger partial charge in [0.05, 0.1) is 11.4 Å². The summed E-state index contributed by atoms with van der Waals surface area (Å²) in [5, 5.41) is 2.76. The van der Waals surface area contributed by atoms with Crippen LogP contribution < -0.4 is 11.1 Å². The van der Waals surface area contributed by atoms with E-state index in [-0.39, 0.29) is 22.4 Å². The fourth-order valence-electron chi connectivity index (χ4n) is 1.40. The van der Waals surface area contributed by atoms with Crippen molar-refractivity contribution >= 4 is 40.8 Å². The zero-order valence-corrected chi connectivity index (χ0v) is 11.8. The van der Waals surface area contributed by atoms with E-state index in [4.69, 9.17) is 17.3 Å². The van der Waals surface area contributed by atoms with Crippen molar-refractivity contribution < 1.29 is 9.18 Å². The number of aromatic nitrogens is 1. The van der Waals surface area contributed by atoms with Gasteiger partial charge in [-0.2, -0.15) is 0 Å². The zero-order chi connectivity index (χ0) is 14.5. The molecule has 7 heteroatoms. The third-order valence-electron chi connectivity index (χ3n) is 2.33. The molecule has 0 bridgehead atoms. The van der Waals surface area contributed by atoms with Crippen molar-refractivity contribution in [2.45, 2.75) is 4.90 Å². The van der Waals surface area contributed by atoms with E-state index in [0.29, 0.717) is 5.82 Å². The van der Waals surface area contributed by atoms with E-state index in [2.05, 4.69) is 10.3 Å². The first-order valence-corrected chi connectivity index (χ1v) is 7.00. The Kier molecular flexibility index (Phi) is 4.81. The lowest BCUT2D eigenvalue weighted by molar-refractivity contribution is -0.113. The van der Waals surface area contributed by atoms with Crippen LogP contribution in [0.15, 0.2) is 41.4 Å². The van der Waals surface area contributed by atoms with Crippen LogP contribution in [0.5, 0.6) is 0 Å². The first-order chi connectivity index (χ1) is 9.54. The summed E-state index contributed by atoms with van der Waals surface area (Å²) < 4.78 is 13.5. The maximum Gasteiger partial charge on any atom is 0.234 e. The fraction of sp³-hybridized carbons (Fsp3) is 0.0769. The highest BCUT2D eigenvalue weighted by atomic mass is 35.5. The van der Waals surface area contributed by atoms with E-state index in [0.717, 1.165) is 11.0 Å². The van der Waals surface area contributed by atoms with Crippen molar-refractivity contribution in [3.05, 3.63) is 47.4 Å². The largest absolute Gasteiger partial charge is 0.384 e. The number of carbonyl (C=O) groups excluding carboxylic acids is 1. The van der Waals surface area contributed by atoms with Crippen LogP contribution in [0.2, 0.25) is 5.02 Å². The SMILES string of the molecule is Nc1ccc(SCC(=O)Nc2ccc(Cl)cc2F)cn1. The van der Waals surface area contributed by atoms with Crippen LogP contribution in [-0.2, 0) is 4.79 Å². The normalized spacial score (nSPS) is 10.3. The number of thioether (sulfide) groups is 1. The number of hydrogen-bond acceptors (Lipinski definition) is 4. The standard InChI is InChI=1S/C13H11ClFN3OS/c14-8-1-3-11(10(15)5-8)18-13(19)7-20-9-2-4-12(16)17-6-9/h1-6H,7H2,(H2,16,17)(H,18,19). The molecule has 0 unspecified atom stereocenters. The molecule has 1 aromatic carbocycles. The van der Waals surface area contributed by atoms with Crippen molar-refractivity contribution in [3.63, 3.8) is 0 Å². The van der Waals surface area contributed by atoms with Crippen molar-refractivity contribution in [3.8, 4) is 0 Å². The van der Waals surface area contributed by atoms with Crippen LogP contribution in [0.1, 0.15) is 0 Å². The number of anilines is 2. The monoisotopic (exact) mass is 311 g/mol. The number of pyridine rings is 1. The molecule has 2 rings (SSSR count). The highest BCUT2D eigenvalue weighted by Crippen LogP contribution is 2.21. The summed E-state index contributed by atoms with van der Waals surface area (Å²) in [5.74, 6) is -0.312. The molecule has 0 spiro atoms. The van der Waals surface area contributed by atoms with Gasteiger partial charge in [-0.15, -0.1) is 11.8 Å². The Morgan fingerprint density at radius 2 is 2.20 bits per heavy atom. The zero-order valence-electron chi connectivity index (χ0n) is 10.3. The topological polar surface area (TPSA) is 68.0 Å². The summed E-state index contributed by atoms with van der Waals surface area (Å²) in [6.45, 7) is 0. The highest BCUT2D eigenvalue weighted by molar-refractivity contribution is 8.00. The van der Waals surface area contributed by atoms with E-state index in [1.807, 2.05) is 0 Å². The smallest absolute Gasteiger partial charge is 0.234 e. The van der Waals surface area contributed by atoms with Crippen molar-refractivity contribution in [1.29, 1.82) is 0 Å². The third-order valence-corrected chi connectivity index (χ3v) is 3.55. The molecule has 0 radical (unpaired) electrons. The molecule has 104 valence electrons. The molecule has 1 heterocycles. The van der Waals surface area contributed by atoms with Crippen molar-refractivity contribution in [1.82, 2.24) is 4.98 Å². The number of rotatable bonds is 4. The van der Waals surface area contributed by atoms with Crippen LogP contribution in [0.25, 0.3) is 0 Å². The van der Waals surface area contributed by atoms with E-state index >= 15 is 0 Å². The van der Waals surface area contributed by atoms with Gasteiger partial charge in [-0.3, -0.25) is 4.79 Å². The summed E-state index contributed by atoms with van der Waals surface area (Å²) in [4.78, 5) is 16.4. The van der Waals surface area contributed by atoms with Gasteiger partial charge in [0, 0.05) is 16.1 Å². The molecule has 1 amide bonds. The summed E-state index contributed by atoms with van der Waals surface area (Å²) in [7, 11) is 0. The Balaban J connectivity index is 1.90. The maximum absolute atomic E-state index is 13.5. The van der Waals surface area contributed by atoms with E-state index < -0.39 is 5.82 Å². The molecular formula is C13H11ClFN3OS. The second kappa shape index (κ2) is 6.58. The van der Waals surface area contributed by atoms with E-state index in [1.165, 1.54) is 23.9 Å². The predicted octanol–water partition coefficient (Wildman–Crippen LogP) is 3.19. The number of nitrogens with zero attached hydrogens (tertiary/aromatic N) is 1. The number of amides is 1. The first kappa shape index (κ1) is 14.6. The lowest BCUT2D eigenvalue weighted by Gasteiger charge is -2.06. The summed E-state index contributed by atoms with van der Waals surface area (Å²) in [6.07, 6.45) is 1.58. The minimum absolute atomic E-state index is 0.107. The molecule has 20 heavy (non-hydrogen) atoms. The Bertz CT molecular complexity index is 622. The molecule has 0 aliphatic heterocycles. The molecular weight excluding hydrogens is 301 g/mol. The number of benzene rings is 1. The van der Waals surface area contributed by atoms with Crippen LogP contribution >= 0.6 is 23.4 Å². The molecule has 0 atom stereocenters. The van der Waals surface area contributed by atoms with Gasteiger partial charge in [-0.25, -0.2) is 9.37 Å². The molecule has 1 aromatic heterocycles. The minimum atomic E-state index is -0.565. The van der Waals surface area contributed by atoms with Gasteiger partial charge in [0.2, 0.25) is 5.91 Å². The average molecular weight is 312 g/mol. The Hall–Kier alpha value is -1.79. The quantitative estimate of drug-likeness (QED) is 0.851. The first-order valence-electron chi connectivity index (χ1n) is 5.64. The maximum atomic E-state index is 13.5. The second-order valence-corrected chi connectivity index (χ2v) is 5.36. The minimum Gasteiger partial charge on any atom is -0.384 e. The van der Waals surface area contributed by atoms with E-state index in [1.54, 1.807) is 18.3 Å². The summed E-state index contributed by atoms with van der Waals surface area (Å²) >= 11 is 6.92. The van der Waals surface area contributed by atoms with Gasteiger partial charge < -0.3 is 11.1 Å². The fourth-order valence-corrected chi connectivity index (χ4v) is 2.22. The number of nitrogens with one attached hydrogen (secondary N) is 1. The summed E-state index contributed by atoms with van der Waals surface area (Å²) in [5.41, 5.74) is 5.57. The van der Waals surface area contributed by atoms with Gasteiger partial charge in [0.25, 0.3) is 0 Å². The molecule has 4 nitrogen and oxygen atoms in total. The lowest BCUT2D eigenvalue weighted by Crippen LogP contribution is -2.15. The second-order valence-electron chi connectivity index (χ2n) is 3.88. The Morgan fingerprint density at radius 3 is 2.85 bits per heavy atom. The van der Waals surface area contributed by atoms with Gasteiger partial charge in [-0.1, -0.05) is 11.6 Å². The summed E-state index contributed by atoms with van der Waals surface area (Å²) in [6, 6.07) is 7.50. The van der Waals surface area contributed by atoms with Crippen LogP contribution in [0.4, 0.5) is 15.9 Å². The Labute approximate surface area is 124 Å². The number of nitrogens with two attached hydrogens (primary N) is 1. The van der Waals surface area contributed by atoms with Gasteiger partial charge in [0.1, 0.15) is 11.6 Å². The van der Waals surface area contributed by atoms with Crippen molar-refractivity contribution in [2.24, 2.45) is 0 Å². The molecule has 0 fully saturated rings. The van der Waals surface area contributed by atoms with E-state index in [9.17, 15) is 9.18 Å². The van der Waals surface area contributed by atoms with Crippen LogP contribution in [0.3, 0.4) is 0 Å². The van der Waals surface area contributed by atoms with Crippen LogP contribution in [-0.4, -0.2) is 16.6 Å². The predicted molar refractivity (Wildman–Crippen MR) is 79.4 cm³/mol. The average Bonchev–Trinajstić information content (AvgIpc) is 2.41. The molecule has 0 aliphatic carbocycles. The molecule has 0 aliphatic rings. The Morgan fingerprint density at radius 1 is 1.40 bits per heavy atom.